The van der Waals surface area contributed by atoms with Crippen molar-refractivity contribution in [2.45, 2.75) is 20.0 Å². The molecule has 9 nitrogen and oxygen atoms in total. The van der Waals surface area contributed by atoms with Gasteiger partial charge in [0.2, 0.25) is 0 Å². The Bertz CT molecular complexity index is 1540. The number of nitrogens with one attached hydrogen (secondary N) is 2. The fourth-order valence-corrected chi connectivity index (χ4v) is 4.38. The minimum absolute atomic E-state index is 0. The number of hydrogen-bond acceptors (Lipinski definition) is 7. The van der Waals surface area contributed by atoms with Gasteiger partial charge in [0.15, 0.2) is 5.82 Å². The molecule has 0 bridgehead atoms. The Morgan fingerprint density at radius 3 is 2.53 bits per heavy atom. The Labute approximate surface area is 247 Å². The van der Waals surface area contributed by atoms with Crippen LogP contribution in [0.2, 0.25) is 0 Å². The molecule has 0 aliphatic rings. The van der Waals surface area contributed by atoms with Crippen LogP contribution in [0.5, 0.6) is 11.8 Å². The number of hydrogen-bond donors (Lipinski definition) is 2. The number of rotatable bonds is 9. The number of halogens is 2. The van der Waals surface area contributed by atoms with Gasteiger partial charge in [0.25, 0.3) is 10.2 Å². The van der Waals surface area contributed by atoms with Gasteiger partial charge in [-0.3, -0.25) is 4.72 Å². The van der Waals surface area contributed by atoms with Crippen LogP contribution in [0.3, 0.4) is 0 Å². The molecule has 0 aliphatic heterocycles. The van der Waals surface area contributed by atoms with Gasteiger partial charge >= 0.3 is 63.0 Å². The molecule has 4 aromatic rings. The van der Waals surface area contributed by atoms with Crippen LogP contribution in [0, 0.1) is 5.82 Å². The molecule has 184 valence electrons. The van der Waals surface area contributed by atoms with Gasteiger partial charge in [-0.15, -0.1) is 0 Å². The van der Waals surface area contributed by atoms with Gasteiger partial charge in [0.1, 0.15) is 18.0 Å². The van der Waals surface area contributed by atoms with Gasteiger partial charge in [-0.2, -0.15) is 13.1 Å². The van der Waals surface area contributed by atoms with Gasteiger partial charge < -0.3 is 9.15 Å². The zero-order chi connectivity index (χ0) is 25.0. The van der Waals surface area contributed by atoms with E-state index in [4.69, 9.17) is 9.15 Å². The van der Waals surface area contributed by atoms with Crippen molar-refractivity contribution in [1.29, 1.82) is 0 Å². The summed E-state index contributed by atoms with van der Waals surface area (Å²) in [6.45, 7) is 0.682. The van der Waals surface area contributed by atoms with E-state index in [1.165, 1.54) is 42.7 Å². The van der Waals surface area contributed by atoms with E-state index >= 15 is 4.39 Å². The van der Waals surface area contributed by atoms with E-state index in [9.17, 15) is 17.6 Å². The first-order chi connectivity index (χ1) is 16.8. The molecule has 0 amide bonds. The summed E-state index contributed by atoms with van der Waals surface area (Å²) in [5.74, 6) is -0.610. The molecule has 0 atom stereocenters. The Hall–Kier alpha value is -2.26. The maximum absolute atomic E-state index is 15.1. The van der Waals surface area contributed by atoms with Crippen LogP contribution in [0.25, 0.3) is 11.0 Å². The first-order valence-corrected chi connectivity index (χ1v) is 11.9. The topological polar surface area (TPSA) is 123 Å². The van der Waals surface area contributed by atoms with Crippen LogP contribution < -0.4 is 19.8 Å². The Balaban J connectivity index is 0.00000361. The molecule has 0 unspecified atom stereocenters. The first-order valence-electron chi connectivity index (χ1n) is 10.5. The summed E-state index contributed by atoms with van der Waals surface area (Å²) < 4.78 is 68.3. The zero-order valence-corrected chi connectivity index (χ0v) is 19.2. The van der Waals surface area contributed by atoms with Crippen molar-refractivity contribution >= 4 is 78.3 Å². The Morgan fingerprint density at radius 2 is 1.83 bits per heavy atom. The predicted molar refractivity (Wildman–Crippen MR) is 132 cm³/mol. The van der Waals surface area contributed by atoms with E-state index in [1.807, 2.05) is 0 Å². The van der Waals surface area contributed by atoms with Crippen LogP contribution in [0.15, 0.2) is 64.1 Å². The molecule has 2 aromatic heterocycles. The summed E-state index contributed by atoms with van der Waals surface area (Å²) in [7, 11) is -3.97. The average molecular weight is 543 g/mol. The van der Waals surface area contributed by atoms with Crippen molar-refractivity contribution in [3.8, 4) is 11.8 Å². The van der Waals surface area contributed by atoms with Crippen molar-refractivity contribution < 1.29 is 26.4 Å². The summed E-state index contributed by atoms with van der Waals surface area (Å²) in [5, 5.41) is 0.313. The second-order valence-corrected chi connectivity index (χ2v) is 8.83. The summed E-state index contributed by atoms with van der Waals surface area (Å²) in [6.07, 6.45) is 2.68. The van der Waals surface area contributed by atoms with Gasteiger partial charge in [0, 0.05) is 47.9 Å². The third-order valence-corrected chi connectivity index (χ3v) is 6.16. The number of ether oxygens (including phenoxy) is 1. The van der Waals surface area contributed by atoms with Crippen molar-refractivity contribution in [3.63, 3.8) is 0 Å². The zero-order valence-electron chi connectivity index (χ0n) is 18.4. The molecule has 0 saturated carbocycles. The van der Waals surface area contributed by atoms with E-state index in [2.05, 4.69) is 19.4 Å². The molecule has 2 N–H and O–H groups in total. The second kappa shape index (κ2) is 12.3. The predicted octanol–water partition coefficient (Wildman–Crippen LogP) is 3.19. The Morgan fingerprint density at radius 1 is 1.08 bits per heavy atom. The Kier molecular flexibility index (Phi) is 9.69. The summed E-state index contributed by atoms with van der Waals surface area (Å²) >= 11 is 0. The normalized spacial score (nSPS) is 11.2. The number of anilines is 1. The standard InChI is InChI=1S/C23H20F2N4O5S.K.H/c1-2-28-35(31,32)29-19-6-3-5-14(21(19)25)11-17-18(13-24)16-8-7-15(12-20(16)34-22(17)30)33-23-26-9-4-10-27-23;;/h3-10,12,28-29H,2,11,13H2,1H3;;. The fraction of sp³-hybridized carbons (Fsp3) is 0.174. The van der Waals surface area contributed by atoms with E-state index in [0.29, 0.717) is 5.39 Å². The molecule has 0 fully saturated rings. The first kappa shape index (κ1) is 28.3. The summed E-state index contributed by atoms with van der Waals surface area (Å²) in [4.78, 5) is 20.6. The van der Waals surface area contributed by atoms with Crippen LogP contribution in [0.4, 0.5) is 14.5 Å². The van der Waals surface area contributed by atoms with Crippen molar-refractivity contribution in [1.82, 2.24) is 14.7 Å². The second-order valence-electron chi connectivity index (χ2n) is 7.33. The number of aromatic nitrogens is 2. The number of nitrogens with zero attached hydrogens (tertiary/aromatic N) is 2. The molecular weight excluding hydrogens is 521 g/mol. The number of fused-ring (bicyclic) bond motifs is 1. The third kappa shape index (κ3) is 6.53. The molecule has 0 aliphatic carbocycles. The van der Waals surface area contributed by atoms with Gasteiger partial charge in [0.05, 0.1) is 5.69 Å². The monoisotopic (exact) mass is 542 g/mol. The van der Waals surface area contributed by atoms with E-state index in [1.54, 1.807) is 19.1 Å². The molecular formula is C23H21F2KN4O5S. The quantitative estimate of drug-likeness (QED) is 0.246. The van der Waals surface area contributed by atoms with Gasteiger partial charge in [-0.25, -0.2) is 23.5 Å². The van der Waals surface area contributed by atoms with Crippen LogP contribution in [-0.4, -0.2) is 76.3 Å². The SMILES string of the molecule is CCNS(=O)(=O)Nc1cccc(Cc2c(CF)c3ccc(Oc4ncccn4)cc3oc2=O)c1F.[KH]. The van der Waals surface area contributed by atoms with Crippen LogP contribution >= 0.6 is 0 Å². The van der Waals surface area contributed by atoms with Crippen molar-refractivity contribution in [2.24, 2.45) is 0 Å². The number of alkyl halides is 1. The van der Waals surface area contributed by atoms with Crippen molar-refractivity contribution in [3.05, 3.63) is 87.8 Å². The molecule has 13 heteroatoms. The number of benzene rings is 2. The molecule has 0 saturated heterocycles. The van der Waals surface area contributed by atoms with E-state index < -0.39 is 28.3 Å². The average Bonchev–Trinajstić information content (AvgIpc) is 2.82. The van der Waals surface area contributed by atoms with Crippen LogP contribution in [0.1, 0.15) is 23.6 Å². The van der Waals surface area contributed by atoms with E-state index in [-0.39, 0.29) is 104 Å². The molecule has 0 spiro atoms. The molecule has 0 radical (unpaired) electrons. The third-order valence-electron chi connectivity index (χ3n) is 5.00. The minimum atomic E-state index is -3.97. The van der Waals surface area contributed by atoms with E-state index in [0.717, 1.165) is 0 Å². The molecule has 4 rings (SSSR count). The molecule has 2 heterocycles. The molecule has 36 heavy (non-hydrogen) atoms. The van der Waals surface area contributed by atoms with Crippen molar-refractivity contribution in [2.75, 3.05) is 11.3 Å². The maximum atomic E-state index is 15.1. The van der Waals surface area contributed by atoms with Crippen LogP contribution in [-0.2, 0) is 23.3 Å². The van der Waals surface area contributed by atoms with Gasteiger partial charge in [-0.1, -0.05) is 19.1 Å². The molecule has 2 aromatic carbocycles. The fourth-order valence-electron chi connectivity index (χ4n) is 3.48. The summed E-state index contributed by atoms with van der Waals surface area (Å²) in [6, 6.07) is 10.2. The summed E-state index contributed by atoms with van der Waals surface area (Å²) in [5.41, 5.74) is -1.13. The van der Waals surface area contributed by atoms with Gasteiger partial charge in [-0.05, 0) is 29.8 Å².